The number of carbonyl (C=O) groups is 3. The van der Waals surface area contributed by atoms with Crippen LogP contribution in [0.5, 0.6) is 0 Å². The number of aryl methyl sites for hydroxylation is 1. The maximum absolute atomic E-state index is 12.7. The van der Waals surface area contributed by atoms with Crippen molar-refractivity contribution in [2.45, 2.75) is 40.3 Å². The predicted octanol–water partition coefficient (Wildman–Crippen LogP) is 3.52. The van der Waals surface area contributed by atoms with Crippen LogP contribution in [0.25, 0.3) is 0 Å². The third-order valence-electron chi connectivity index (χ3n) is 5.07. The van der Waals surface area contributed by atoms with E-state index >= 15 is 0 Å². The zero-order chi connectivity index (χ0) is 22.5. The smallest absolute Gasteiger partial charge is 0.329 e. The van der Waals surface area contributed by atoms with Crippen molar-refractivity contribution >= 4 is 17.7 Å². The van der Waals surface area contributed by atoms with Crippen molar-refractivity contribution in [2.75, 3.05) is 6.61 Å². The first-order valence-electron chi connectivity index (χ1n) is 10.0. The van der Waals surface area contributed by atoms with Gasteiger partial charge in [0.1, 0.15) is 11.8 Å². The molecule has 0 bridgehead atoms. The molecular weight excluding hydrogens is 400 g/mol. The van der Waals surface area contributed by atoms with Crippen molar-refractivity contribution in [1.29, 1.82) is 0 Å². The number of aromatic nitrogens is 1. The fraction of sp³-hybridized carbons (Fsp3) is 0.348. The fourth-order valence-corrected chi connectivity index (χ4v) is 3.31. The summed E-state index contributed by atoms with van der Waals surface area (Å²) in [5.74, 6) is -0.870. The lowest BCUT2D eigenvalue weighted by molar-refractivity contribution is -0.145. The number of rotatable bonds is 9. The van der Waals surface area contributed by atoms with Crippen LogP contribution < -0.4 is 5.32 Å². The zero-order valence-electron chi connectivity index (χ0n) is 18.0. The molecule has 0 aliphatic heterocycles. The van der Waals surface area contributed by atoms with Gasteiger partial charge in [0.05, 0.1) is 19.1 Å². The van der Waals surface area contributed by atoms with E-state index in [0.717, 1.165) is 17.1 Å². The Morgan fingerprint density at radius 3 is 2.42 bits per heavy atom. The Hall–Kier alpha value is -3.55. The minimum Gasteiger partial charge on any atom is -0.467 e. The fourth-order valence-electron chi connectivity index (χ4n) is 3.31. The van der Waals surface area contributed by atoms with E-state index in [4.69, 9.17) is 13.6 Å². The van der Waals surface area contributed by atoms with Crippen LogP contribution in [-0.4, -0.2) is 34.9 Å². The van der Waals surface area contributed by atoms with Crippen LogP contribution in [0.3, 0.4) is 0 Å². The van der Waals surface area contributed by atoms with E-state index in [2.05, 4.69) is 5.32 Å². The third kappa shape index (κ3) is 5.14. The summed E-state index contributed by atoms with van der Waals surface area (Å²) in [6.07, 6.45) is 2.98. The number of esters is 1. The lowest BCUT2D eigenvalue weighted by Crippen LogP contribution is -2.45. The van der Waals surface area contributed by atoms with Crippen LogP contribution in [0.4, 0.5) is 0 Å². The lowest BCUT2D eigenvalue weighted by Gasteiger charge is -2.20. The first-order valence-corrected chi connectivity index (χ1v) is 10.0. The number of furan rings is 2. The summed E-state index contributed by atoms with van der Waals surface area (Å²) < 4.78 is 17.7. The first kappa shape index (κ1) is 22.1. The minimum absolute atomic E-state index is 0.0959. The molecule has 1 unspecified atom stereocenters. The van der Waals surface area contributed by atoms with Crippen LogP contribution >= 0.6 is 0 Å². The Kier molecular flexibility index (Phi) is 6.79. The minimum atomic E-state index is -0.906. The second-order valence-electron chi connectivity index (χ2n) is 7.65. The number of hydrogen-bond acceptors (Lipinski definition) is 6. The second kappa shape index (κ2) is 9.51. The summed E-state index contributed by atoms with van der Waals surface area (Å²) in [6.45, 7) is 7.38. The Morgan fingerprint density at radius 1 is 1.10 bits per heavy atom. The molecule has 1 N–H and O–H groups in total. The number of hydrogen-bond donors (Lipinski definition) is 1. The molecule has 3 aromatic rings. The molecule has 0 radical (unpaired) electrons. The van der Waals surface area contributed by atoms with Gasteiger partial charge in [0, 0.05) is 17.0 Å². The van der Waals surface area contributed by atoms with E-state index in [9.17, 15) is 14.4 Å². The number of nitrogens with zero attached hydrogens (tertiary/aromatic N) is 1. The molecule has 0 aliphatic carbocycles. The van der Waals surface area contributed by atoms with Crippen molar-refractivity contribution in [3.63, 3.8) is 0 Å². The SMILES string of the molecule is Cc1cc(C(=O)COC(=O)C(NC(=O)c2ccco2)C(C)C)c(C)n1Cc1ccco1. The Bertz CT molecular complexity index is 1040. The molecule has 0 saturated heterocycles. The van der Waals surface area contributed by atoms with E-state index in [1.807, 2.05) is 30.5 Å². The molecule has 0 fully saturated rings. The van der Waals surface area contributed by atoms with Gasteiger partial charge in [-0.3, -0.25) is 9.59 Å². The molecule has 0 saturated carbocycles. The molecule has 31 heavy (non-hydrogen) atoms. The van der Waals surface area contributed by atoms with Gasteiger partial charge < -0.3 is 23.5 Å². The van der Waals surface area contributed by atoms with Crippen molar-refractivity contribution in [3.05, 3.63) is 71.3 Å². The van der Waals surface area contributed by atoms with E-state index in [0.29, 0.717) is 12.1 Å². The molecule has 8 nitrogen and oxygen atoms in total. The summed E-state index contributed by atoms with van der Waals surface area (Å²) in [5.41, 5.74) is 2.15. The average Bonchev–Trinajstić information content (AvgIpc) is 3.49. The van der Waals surface area contributed by atoms with Gasteiger partial charge in [-0.1, -0.05) is 13.8 Å². The topological polar surface area (TPSA) is 104 Å². The highest BCUT2D eigenvalue weighted by Gasteiger charge is 2.28. The van der Waals surface area contributed by atoms with E-state index in [1.165, 1.54) is 12.3 Å². The Morgan fingerprint density at radius 2 is 1.81 bits per heavy atom. The summed E-state index contributed by atoms with van der Waals surface area (Å²) in [5, 5.41) is 2.60. The lowest BCUT2D eigenvalue weighted by atomic mass is 10.0. The number of carbonyl (C=O) groups excluding carboxylic acids is 3. The monoisotopic (exact) mass is 426 g/mol. The van der Waals surface area contributed by atoms with Gasteiger partial charge in [0.15, 0.2) is 12.4 Å². The number of amides is 1. The maximum atomic E-state index is 12.7. The molecule has 0 aliphatic rings. The quantitative estimate of drug-likeness (QED) is 0.415. The highest BCUT2D eigenvalue weighted by molar-refractivity contribution is 6.00. The van der Waals surface area contributed by atoms with Crippen molar-refractivity contribution in [2.24, 2.45) is 5.92 Å². The largest absolute Gasteiger partial charge is 0.467 e. The summed E-state index contributed by atoms with van der Waals surface area (Å²) >= 11 is 0. The molecular formula is C23H26N2O6. The van der Waals surface area contributed by atoms with Crippen molar-refractivity contribution in [3.8, 4) is 0 Å². The van der Waals surface area contributed by atoms with E-state index in [1.54, 1.807) is 32.2 Å². The van der Waals surface area contributed by atoms with Crippen LogP contribution in [-0.2, 0) is 16.1 Å². The first-order chi connectivity index (χ1) is 14.8. The summed E-state index contributed by atoms with van der Waals surface area (Å²) in [6, 6.07) is 7.62. The Balaban J connectivity index is 1.63. The predicted molar refractivity (Wildman–Crippen MR) is 112 cm³/mol. The standard InChI is InChI=1S/C23H26N2O6/c1-14(2)21(24-22(27)20-8-6-10-30-20)23(28)31-13-19(26)18-11-15(3)25(16(18)4)12-17-7-5-9-29-17/h5-11,14,21H,12-13H2,1-4H3,(H,24,27). The summed E-state index contributed by atoms with van der Waals surface area (Å²) in [4.78, 5) is 37.5. The molecule has 1 atom stereocenters. The maximum Gasteiger partial charge on any atom is 0.329 e. The number of nitrogens with one attached hydrogen (secondary N) is 1. The number of ketones is 1. The van der Waals surface area contributed by atoms with Gasteiger partial charge >= 0.3 is 5.97 Å². The van der Waals surface area contributed by atoms with Crippen molar-refractivity contribution < 1.29 is 28.0 Å². The molecule has 0 aromatic carbocycles. The van der Waals surface area contributed by atoms with Gasteiger partial charge in [-0.05, 0) is 50.1 Å². The third-order valence-corrected chi connectivity index (χ3v) is 5.07. The van der Waals surface area contributed by atoms with Crippen LogP contribution in [0, 0.1) is 19.8 Å². The van der Waals surface area contributed by atoms with Crippen LogP contribution in [0.15, 0.2) is 51.7 Å². The van der Waals surface area contributed by atoms with Crippen molar-refractivity contribution in [1.82, 2.24) is 9.88 Å². The highest BCUT2D eigenvalue weighted by Crippen LogP contribution is 2.18. The molecule has 1 amide bonds. The van der Waals surface area contributed by atoms with Gasteiger partial charge in [0.2, 0.25) is 5.78 Å². The van der Waals surface area contributed by atoms with Gasteiger partial charge in [-0.15, -0.1) is 0 Å². The molecule has 0 spiro atoms. The molecule has 3 heterocycles. The van der Waals surface area contributed by atoms with E-state index < -0.39 is 24.5 Å². The normalized spacial score (nSPS) is 12.0. The zero-order valence-corrected chi connectivity index (χ0v) is 18.0. The molecule has 8 heteroatoms. The highest BCUT2D eigenvalue weighted by atomic mass is 16.5. The molecule has 164 valence electrons. The Labute approximate surface area is 180 Å². The van der Waals surface area contributed by atoms with Gasteiger partial charge in [-0.2, -0.15) is 0 Å². The number of ether oxygens (including phenoxy) is 1. The second-order valence-corrected chi connectivity index (χ2v) is 7.65. The van der Waals surface area contributed by atoms with Gasteiger partial charge in [0.25, 0.3) is 5.91 Å². The van der Waals surface area contributed by atoms with E-state index in [-0.39, 0.29) is 17.5 Å². The average molecular weight is 426 g/mol. The van der Waals surface area contributed by atoms with Crippen LogP contribution in [0.1, 0.15) is 51.9 Å². The van der Waals surface area contributed by atoms with Gasteiger partial charge in [-0.25, -0.2) is 4.79 Å². The molecule has 3 rings (SSSR count). The van der Waals surface area contributed by atoms with Crippen LogP contribution in [0.2, 0.25) is 0 Å². The number of Topliss-reactive ketones (excluding diaryl/α,β-unsaturated/α-hetero) is 1. The summed E-state index contributed by atoms with van der Waals surface area (Å²) in [7, 11) is 0. The molecule has 3 aromatic heterocycles.